The fraction of sp³-hybridized carbons (Fsp3) is 0.667. The van der Waals surface area contributed by atoms with Gasteiger partial charge in [0.1, 0.15) is 0 Å². The van der Waals surface area contributed by atoms with Gasteiger partial charge in [-0.25, -0.2) is 0 Å². The van der Waals surface area contributed by atoms with E-state index in [1.165, 1.54) is 24.8 Å². The Hall–Kier alpha value is -1.59. The smallest absolute Gasteiger partial charge is 0.194 e. The van der Waals surface area contributed by atoms with Gasteiger partial charge >= 0.3 is 0 Å². The fourth-order valence-corrected chi connectivity index (χ4v) is 4.52. The minimum absolute atomic E-state index is 0.289. The van der Waals surface area contributed by atoms with Gasteiger partial charge in [-0.15, -0.1) is 0 Å². The molecule has 0 aromatic heterocycles. The lowest BCUT2D eigenvalue weighted by Gasteiger charge is -2.36. The topological polar surface area (TPSA) is 40.1 Å². The van der Waals surface area contributed by atoms with Crippen LogP contribution in [0.3, 0.4) is 0 Å². The molecule has 142 valence electrons. The third kappa shape index (κ3) is 3.89. The first-order valence-electron chi connectivity index (χ1n) is 10.2. The lowest BCUT2D eigenvalue weighted by molar-refractivity contribution is -0.0502. The molecule has 2 aliphatic heterocycles. The first-order valence-corrected chi connectivity index (χ1v) is 10.2. The lowest BCUT2D eigenvalue weighted by atomic mass is 10.1. The van der Waals surface area contributed by atoms with Crippen LogP contribution in [0.2, 0.25) is 0 Å². The SMILES string of the molecule is CCCC1CC1NC(=NC)N1CC2OCCN(Cc3ccccc3)C2C1. The van der Waals surface area contributed by atoms with E-state index in [1.54, 1.807) is 0 Å². The zero-order valence-electron chi connectivity index (χ0n) is 16.1. The number of likely N-dealkylation sites (tertiary alicyclic amines) is 1. The van der Waals surface area contributed by atoms with Crippen molar-refractivity contribution >= 4 is 5.96 Å². The number of hydrogen-bond donors (Lipinski definition) is 1. The average molecular weight is 357 g/mol. The Morgan fingerprint density at radius 2 is 2.12 bits per heavy atom. The molecule has 5 nitrogen and oxygen atoms in total. The summed E-state index contributed by atoms with van der Waals surface area (Å²) < 4.78 is 6.11. The highest BCUT2D eigenvalue weighted by molar-refractivity contribution is 5.81. The molecular weight excluding hydrogens is 324 g/mol. The molecule has 1 aromatic rings. The van der Waals surface area contributed by atoms with Gasteiger partial charge in [-0.3, -0.25) is 9.89 Å². The van der Waals surface area contributed by atoms with Crippen molar-refractivity contribution in [2.45, 2.75) is 50.9 Å². The number of benzene rings is 1. The number of rotatable bonds is 5. The zero-order chi connectivity index (χ0) is 17.9. The molecule has 26 heavy (non-hydrogen) atoms. The maximum atomic E-state index is 6.11. The first kappa shape index (κ1) is 17.8. The molecule has 3 aliphatic rings. The Balaban J connectivity index is 1.37. The van der Waals surface area contributed by atoms with Crippen LogP contribution in [0, 0.1) is 5.92 Å². The highest BCUT2D eigenvalue weighted by atomic mass is 16.5. The molecule has 0 spiro atoms. The molecule has 2 saturated heterocycles. The number of morpholine rings is 1. The van der Waals surface area contributed by atoms with E-state index in [-0.39, 0.29) is 6.10 Å². The largest absolute Gasteiger partial charge is 0.373 e. The third-order valence-electron chi connectivity index (χ3n) is 6.05. The van der Waals surface area contributed by atoms with Gasteiger partial charge in [0, 0.05) is 39.3 Å². The van der Waals surface area contributed by atoms with Crippen LogP contribution < -0.4 is 5.32 Å². The van der Waals surface area contributed by atoms with E-state index in [0.717, 1.165) is 44.7 Å². The molecule has 3 fully saturated rings. The molecule has 4 unspecified atom stereocenters. The summed E-state index contributed by atoms with van der Waals surface area (Å²) in [7, 11) is 1.91. The summed E-state index contributed by atoms with van der Waals surface area (Å²) in [6.45, 7) is 7.07. The van der Waals surface area contributed by atoms with Crippen LogP contribution in [0.1, 0.15) is 31.7 Å². The van der Waals surface area contributed by atoms with Crippen LogP contribution in [0.25, 0.3) is 0 Å². The summed E-state index contributed by atoms with van der Waals surface area (Å²) >= 11 is 0. The van der Waals surface area contributed by atoms with E-state index in [9.17, 15) is 0 Å². The maximum absolute atomic E-state index is 6.11. The van der Waals surface area contributed by atoms with Crippen LogP contribution in [0.5, 0.6) is 0 Å². The van der Waals surface area contributed by atoms with E-state index >= 15 is 0 Å². The van der Waals surface area contributed by atoms with Crippen LogP contribution >= 0.6 is 0 Å². The van der Waals surface area contributed by atoms with Gasteiger partial charge < -0.3 is 15.0 Å². The second-order valence-corrected chi connectivity index (χ2v) is 7.92. The number of aliphatic imine (C=N–C) groups is 1. The Labute approximate surface area is 157 Å². The molecule has 0 amide bonds. The maximum Gasteiger partial charge on any atom is 0.194 e. The lowest BCUT2D eigenvalue weighted by Crippen LogP contribution is -2.50. The van der Waals surface area contributed by atoms with Gasteiger partial charge in [-0.1, -0.05) is 43.7 Å². The Morgan fingerprint density at radius 1 is 1.27 bits per heavy atom. The molecule has 5 heteroatoms. The highest BCUT2D eigenvalue weighted by Gasteiger charge is 2.43. The molecule has 4 rings (SSSR count). The van der Waals surface area contributed by atoms with Gasteiger partial charge in [0.25, 0.3) is 0 Å². The molecule has 1 aliphatic carbocycles. The highest BCUT2D eigenvalue weighted by Crippen LogP contribution is 2.35. The summed E-state index contributed by atoms with van der Waals surface area (Å²) in [4.78, 5) is 9.56. The second-order valence-electron chi connectivity index (χ2n) is 7.92. The van der Waals surface area contributed by atoms with Crippen LogP contribution in [-0.4, -0.2) is 67.2 Å². The number of fused-ring (bicyclic) bond motifs is 1. The molecule has 1 aromatic carbocycles. The van der Waals surface area contributed by atoms with Gasteiger partial charge in [-0.2, -0.15) is 0 Å². The van der Waals surface area contributed by atoms with E-state index in [1.807, 2.05) is 7.05 Å². The summed E-state index contributed by atoms with van der Waals surface area (Å²) in [6.07, 6.45) is 4.19. The van der Waals surface area contributed by atoms with Crippen LogP contribution in [0.4, 0.5) is 0 Å². The van der Waals surface area contributed by atoms with Crippen LogP contribution in [-0.2, 0) is 11.3 Å². The van der Waals surface area contributed by atoms with E-state index < -0.39 is 0 Å². The van der Waals surface area contributed by atoms with Gasteiger partial charge in [-0.05, 0) is 24.3 Å². The molecule has 2 heterocycles. The van der Waals surface area contributed by atoms with Crippen molar-refractivity contribution in [2.75, 3.05) is 33.3 Å². The minimum Gasteiger partial charge on any atom is -0.373 e. The quantitative estimate of drug-likeness (QED) is 0.649. The monoisotopic (exact) mass is 356 g/mol. The van der Waals surface area contributed by atoms with Gasteiger partial charge in [0.2, 0.25) is 0 Å². The molecule has 0 radical (unpaired) electrons. The Morgan fingerprint density at radius 3 is 2.88 bits per heavy atom. The van der Waals surface area contributed by atoms with Crippen molar-refractivity contribution in [3.05, 3.63) is 35.9 Å². The van der Waals surface area contributed by atoms with Crippen molar-refractivity contribution in [3.8, 4) is 0 Å². The van der Waals surface area contributed by atoms with E-state index in [0.29, 0.717) is 12.1 Å². The zero-order valence-corrected chi connectivity index (χ0v) is 16.1. The predicted molar refractivity (Wildman–Crippen MR) is 105 cm³/mol. The average Bonchev–Trinajstić information content (AvgIpc) is 3.24. The van der Waals surface area contributed by atoms with Crippen molar-refractivity contribution in [1.82, 2.24) is 15.1 Å². The molecular formula is C21H32N4O. The fourth-order valence-electron chi connectivity index (χ4n) is 4.52. The summed E-state index contributed by atoms with van der Waals surface area (Å²) in [5, 5.41) is 3.69. The van der Waals surface area contributed by atoms with Crippen molar-refractivity contribution in [3.63, 3.8) is 0 Å². The third-order valence-corrected chi connectivity index (χ3v) is 6.05. The van der Waals surface area contributed by atoms with Crippen molar-refractivity contribution < 1.29 is 4.74 Å². The van der Waals surface area contributed by atoms with E-state index in [2.05, 4.69) is 57.4 Å². The molecule has 0 bridgehead atoms. The number of hydrogen-bond acceptors (Lipinski definition) is 3. The second kappa shape index (κ2) is 7.97. The summed E-state index contributed by atoms with van der Waals surface area (Å²) in [5.74, 6) is 1.90. The van der Waals surface area contributed by atoms with Gasteiger partial charge in [0.15, 0.2) is 5.96 Å². The Kier molecular flexibility index (Phi) is 5.46. The number of nitrogens with zero attached hydrogens (tertiary/aromatic N) is 3. The summed E-state index contributed by atoms with van der Waals surface area (Å²) in [6, 6.07) is 11.9. The van der Waals surface area contributed by atoms with E-state index in [4.69, 9.17) is 4.74 Å². The number of nitrogens with one attached hydrogen (secondary N) is 1. The molecule has 1 saturated carbocycles. The van der Waals surface area contributed by atoms with Gasteiger partial charge in [0.05, 0.1) is 18.8 Å². The van der Waals surface area contributed by atoms with Crippen molar-refractivity contribution in [1.29, 1.82) is 0 Å². The standard InChI is InChI=1S/C21H32N4O/c1-3-7-17-12-18(17)23-21(22-2)25-14-19-20(15-25)26-11-10-24(19)13-16-8-5-4-6-9-16/h4-6,8-9,17-20H,3,7,10-15H2,1-2H3,(H,22,23). The van der Waals surface area contributed by atoms with Crippen LogP contribution in [0.15, 0.2) is 35.3 Å². The molecule has 4 atom stereocenters. The first-order chi connectivity index (χ1) is 12.8. The Bertz CT molecular complexity index is 620. The van der Waals surface area contributed by atoms with Crippen molar-refractivity contribution in [2.24, 2.45) is 10.9 Å². The molecule has 1 N–H and O–H groups in total. The number of guanidine groups is 1. The minimum atomic E-state index is 0.289. The normalized spacial score (nSPS) is 31.8. The summed E-state index contributed by atoms with van der Waals surface area (Å²) in [5.41, 5.74) is 1.38. The predicted octanol–water partition coefficient (Wildman–Crippen LogP) is 2.34. The number of ether oxygens (including phenoxy) is 1.